The Balaban J connectivity index is 1.65. The van der Waals surface area contributed by atoms with Gasteiger partial charge in [0.1, 0.15) is 0 Å². The summed E-state index contributed by atoms with van der Waals surface area (Å²) < 4.78 is 0. The minimum Gasteiger partial charge on any atom is -0.349 e. The van der Waals surface area contributed by atoms with E-state index in [4.69, 9.17) is 28.7 Å². The zero-order chi connectivity index (χ0) is 16.4. The summed E-state index contributed by atoms with van der Waals surface area (Å²) in [4.78, 5) is 15.4. The van der Waals surface area contributed by atoms with Crippen LogP contribution >= 0.6 is 23.2 Å². The quantitative estimate of drug-likeness (QED) is 0.437. The number of carbonyl (C=O) groups excluding carboxylic acids is 1. The van der Waals surface area contributed by atoms with Crippen LogP contribution in [0.15, 0.2) is 23.3 Å². The molecular formula is C16H18Cl2N4O. The molecular weight excluding hydrogens is 335 g/mol. The largest absolute Gasteiger partial charge is 0.349 e. The monoisotopic (exact) mass is 352 g/mol. The van der Waals surface area contributed by atoms with Gasteiger partial charge in [-0.05, 0) is 54.8 Å². The van der Waals surface area contributed by atoms with Crippen LogP contribution in [-0.4, -0.2) is 18.0 Å². The lowest BCUT2D eigenvalue weighted by atomic mass is 9.74. The average Bonchev–Trinajstić information content (AvgIpc) is 3.25. The number of azide groups is 1. The van der Waals surface area contributed by atoms with Gasteiger partial charge in [0.15, 0.2) is 0 Å². The number of hydrogen-bond donors (Lipinski definition) is 1. The van der Waals surface area contributed by atoms with Crippen molar-refractivity contribution in [1.82, 2.24) is 5.32 Å². The number of hydrogen-bond acceptors (Lipinski definition) is 2. The van der Waals surface area contributed by atoms with Crippen molar-refractivity contribution in [2.24, 2.45) is 17.0 Å². The van der Waals surface area contributed by atoms with Crippen LogP contribution in [0.3, 0.4) is 0 Å². The topological polar surface area (TPSA) is 77.9 Å². The second-order valence-electron chi connectivity index (χ2n) is 6.47. The highest BCUT2D eigenvalue weighted by Crippen LogP contribution is 2.40. The third kappa shape index (κ3) is 4.11. The van der Waals surface area contributed by atoms with Crippen LogP contribution in [0.1, 0.15) is 42.5 Å². The van der Waals surface area contributed by atoms with Gasteiger partial charge in [0.25, 0.3) is 5.91 Å². The van der Waals surface area contributed by atoms with Gasteiger partial charge in [-0.25, -0.2) is 0 Å². The van der Waals surface area contributed by atoms with Gasteiger partial charge in [-0.15, -0.1) is 0 Å². The molecule has 1 atom stereocenters. The molecule has 23 heavy (non-hydrogen) atoms. The highest BCUT2D eigenvalue weighted by atomic mass is 35.5. The lowest BCUT2D eigenvalue weighted by Crippen LogP contribution is -2.46. The number of carbonyl (C=O) groups is 1. The van der Waals surface area contributed by atoms with E-state index in [0.717, 1.165) is 19.3 Å². The second-order valence-corrected chi connectivity index (χ2v) is 7.32. The van der Waals surface area contributed by atoms with Crippen molar-refractivity contribution < 1.29 is 4.79 Å². The summed E-state index contributed by atoms with van der Waals surface area (Å²) in [6, 6.07) is 5.08. The summed E-state index contributed by atoms with van der Waals surface area (Å²) in [6.07, 6.45) is 5.15. The van der Waals surface area contributed by atoms with Crippen LogP contribution in [0.2, 0.25) is 10.0 Å². The number of rotatable bonds is 6. The lowest BCUT2D eigenvalue weighted by molar-refractivity contribution is 0.0882. The van der Waals surface area contributed by atoms with Crippen LogP contribution in [-0.2, 0) is 0 Å². The molecule has 2 fully saturated rings. The molecule has 0 radical (unpaired) electrons. The highest BCUT2D eigenvalue weighted by Gasteiger charge is 2.38. The van der Waals surface area contributed by atoms with Gasteiger partial charge in [0, 0.05) is 22.0 Å². The van der Waals surface area contributed by atoms with Crippen LogP contribution in [0.5, 0.6) is 0 Å². The third-order valence-corrected chi connectivity index (χ3v) is 5.26. The SMILES string of the molecule is [N-]=[N+]=NC1CC(C(CC2CC2)NC(=O)c2ccc(Cl)cc2Cl)C1. The highest BCUT2D eigenvalue weighted by molar-refractivity contribution is 6.36. The molecule has 0 aliphatic heterocycles. The van der Waals surface area contributed by atoms with Crippen molar-refractivity contribution in [2.45, 2.75) is 44.2 Å². The van der Waals surface area contributed by atoms with E-state index in [1.807, 2.05) is 0 Å². The zero-order valence-corrected chi connectivity index (χ0v) is 14.1. The van der Waals surface area contributed by atoms with Crippen molar-refractivity contribution in [2.75, 3.05) is 0 Å². The van der Waals surface area contributed by atoms with E-state index in [0.29, 0.717) is 27.4 Å². The van der Waals surface area contributed by atoms with Gasteiger partial charge in [-0.2, -0.15) is 0 Å². The van der Waals surface area contributed by atoms with Crippen LogP contribution in [0.25, 0.3) is 10.4 Å². The number of benzene rings is 1. The molecule has 122 valence electrons. The van der Waals surface area contributed by atoms with E-state index < -0.39 is 0 Å². The summed E-state index contributed by atoms with van der Waals surface area (Å²) in [6.45, 7) is 0. The van der Waals surface area contributed by atoms with Crippen molar-refractivity contribution in [1.29, 1.82) is 0 Å². The molecule has 1 amide bonds. The predicted molar refractivity (Wildman–Crippen MR) is 90.7 cm³/mol. The molecule has 2 aliphatic carbocycles. The van der Waals surface area contributed by atoms with E-state index in [1.165, 1.54) is 12.8 Å². The maximum Gasteiger partial charge on any atom is 0.253 e. The van der Waals surface area contributed by atoms with Crippen LogP contribution in [0, 0.1) is 11.8 Å². The van der Waals surface area contributed by atoms with Crippen molar-refractivity contribution in [3.05, 3.63) is 44.3 Å². The Hall–Kier alpha value is -1.42. The molecule has 1 unspecified atom stereocenters. The van der Waals surface area contributed by atoms with Gasteiger partial charge < -0.3 is 5.32 Å². The number of nitrogens with one attached hydrogen (secondary N) is 1. The van der Waals surface area contributed by atoms with Gasteiger partial charge in [0.2, 0.25) is 0 Å². The fraction of sp³-hybridized carbons (Fsp3) is 0.562. The summed E-state index contributed by atoms with van der Waals surface area (Å²) in [7, 11) is 0. The fourth-order valence-corrected chi connectivity index (χ4v) is 3.62. The first-order chi connectivity index (χ1) is 11.1. The maximum atomic E-state index is 12.5. The first-order valence-corrected chi connectivity index (χ1v) is 8.62. The Morgan fingerprint density at radius 1 is 1.39 bits per heavy atom. The third-order valence-electron chi connectivity index (χ3n) is 4.71. The average molecular weight is 353 g/mol. The first kappa shape index (κ1) is 16.4. The first-order valence-electron chi connectivity index (χ1n) is 7.87. The van der Waals surface area contributed by atoms with E-state index in [2.05, 4.69) is 15.3 Å². The van der Waals surface area contributed by atoms with Gasteiger partial charge >= 0.3 is 0 Å². The molecule has 5 nitrogen and oxygen atoms in total. The molecule has 3 rings (SSSR count). The summed E-state index contributed by atoms with van der Waals surface area (Å²) >= 11 is 12.0. The Morgan fingerprint density at radius 3 is 2.74 bits per heavy atom. The molecule has 2 saturated carbocycles. The predicted octanol–water partition coefficient (Wildman–Crippen LogP) is 4.98. The molecule has 7 heteroatoms. The Morgan fingerprint density at radius 2 is 2.13 bits per heavy atom. The normalized spacial score (nSPS) is 24.3. The van der Waals surface area contributed by atoms with Crippen LogP contribution in [0.4, 0.5) is 0 Å². The molecule has 1 aromatic carbocycles. The van der Waals surface area contributed by atoms with Crippen molar-refractivity contribution in [3.8, 4) is 0 Å². The molecule has 0 heterocycles. The molecule has 0 saturated heterocycles. The van der Waals surface area contributed by atoms with E-state index in [1.54, 1.807) is 18.2 Å². The minimum absolute atomic E-state index is 0.0720. The lowest BCUT2D eigenvalue weighted by Gasteiger charge is -2.38. The molecule has 1 N–H and O–H groups in total. The second kappa shape index (κ2) is 7.00. The molecule has 0 spiro atoms. The van der Waals surface area contributed by atoms with E-state index in [9.17, 15) is 4.79 Å². The number of amides is 1. The number of halogens is 2. The Labute approximate surface area is 145 Å². The molecule has 1 aromatic rings. The van der Waals surface area contributed by atoms with Crippen LogP contribution < -0.4 is 5.32 Å². The van der Waals surface area contributed by atoms with E-state index in [-0.39, 0.29) is 18.0 Å². The van der Waals surface area contributed by atoms with E-state index >= 15 is 0 Å². The zero-order valence-electron chi connectivity index (χ0n) is 12.6. The Bertz CT molecular complexity index is 649. The van der Waals surface area contributed by atoms with Gasteiger partial charge in [-0.1, -0.05) is 41.2 Å². The Kier molecular flexibility index (Phi) is 5.00. The van der Waals surface area contributed by atoms with Gasteiger partial charge in [0.05, 0.1) is 10.6 Å². The van der Waals surface area contributed by atoms with Crippen molar-refractivity contribution >= 4 is 29.1 Å². The molecule has 0 aromatic heterocycles. The molecule has 0 bridgehead atoms. The fourth-order valence-electron chi connectivity index (χ4n) is 3.13. The summed E-state index contributed by atoms with van der Waals surface area (Å²) in [5.74, 6) is 0.921. The number of nitrogens with zero attached hydrogens (tertiary/aromatic N) is 3. The maximum absolute atomic E-state index is 12.5. The minimum atomic E-state index is -0.162. The molecule has 2 aliphatic rings. The van der Waals surface area contributed by atoms with Gasteiger partial charge in [-0.3, -0.25) is 4.79 Å². The summed E-state index contributed by atoms with van der Waals surface area (Å²) in [5, 5.41) is 7.75. The van der Waals surface area contributed by atoms with Crippen molar-refractivity contribution in [3.63, 3.8) is 0 Å². The summed E-state index contributed by atoms with van der Waals surface area (Å²) in [5.41, 5.74) is 8.94. The smallest absolute Gasteiger partial charge is 0.253 e. The standard InChI is InChI=1S/C16H18Cl2N4O/c17-11-3-4-13(14(18)8-11)16(23)20-15(5-9-1-2-9)10-6-12(7-10)21-22-19/h3-4,8-10,12,15H,1-2,5-7H2,(H,20,23).